The van der Waals surface area contributed by atoms with E-state index in [1.807, 2.05) is 36.4 Å². The van der Waals surface area contributed by atoms with Crippen LogP contribution in [0.4, 0.5) is 10.5 Å². The Bertz CT molecular complexity index is 1410. The molecule has 1 aliphatic carbocycles. The molecule has 2 atom stereocenters. The van der Waals surface area contributed by atoms with Gasteiger partial charge in [-0.15, -0.1) is 0 Å². The van der Waals surface area contributed by atoms with Crippen molar-refractivity contribution in [3.8, 4) is 11.1 Å². The minimum absolute atomic E-state index is 0.0543. The first-order chi connectivity index (χ1) is 17.9. The third-order valence-electron chi connectivity index (χ3n) is 5.97. The molecule has 0 aromatic heterocycles. The number of nitrogens with zero attached hydrogens (tertiary/aromatic N) is 2. The molecule has 0 saturated carbocycles. The maximum absolute atomic E-state index is 11.9. The van der Waals surface area contributed by atoms with Gasteiger partial charge >= 0.3 is 12.1 Å². The van der Waals surface area contributed by atoms with E-state index in [4.69, 9.17) is 14.0 Å². The average molecular weight is 559 g/mol. The maximum Gasteiger partial charge on any atom is 0.516 e. The third kappa shape index (κ3) is 6.78. The van der Waals surface area contributed by atoms with Gasteiger partial charge in [-0.25, -0.2) is 13.8 Å². The largest absolute Gasteiger partial charge is 0.516 e. The molecule has 0 spiro atoms. The first-order valence-corrected chi connectivity index (χ1v) is 13.8. The average Bonchev–Trinajstić information content (AvgIpc) is 3.20. The normalized spacial score (nSPS) is 14.2. The standard InChI is InChI=1S/C20H21NO4.C6H5NO4S2/c1-13(21(2)3)19(22)25-20(23)24-12-18-16-10-6-4-8-14(16)15-9-5-7-11-17(15)18;8-7(9)5-3-1-2-4-6(5)13(10,11)12/h4-11,13,18H,12H2,1-3H3;1-4H,(H,10,11,12)/t13-;/m0./s1. The molecule has 3 aromatic carbocycles. The van der Waals surface area contributed by atoms with Crippen LogP contribution < -0.4 is 0 Å². The van der Waals surface area contributed by atoms with Crippen LogP contribution in [0.25, 0.3) is 11.1 Å². The molecule has 0 fully saturated rings. The summed E-state index contributed by atoms with van der Waals surface area (Å²) in [7, 11) is -0.207. The van der Waals surface area contributed by atoms with Gasteiger partial charge in [-0.3, -0.25) is 15.0 Å². The van der Waals surface area contributed by atoms with Crippen LogP contribution in [-0.4, -0.2) is 57.5 Å². The molecule has 38 heavy (non-hydrogen) atoms. The molecule has 12 heteroatoms. The SMILES string of the molecule is C[C@@H](C(=O)OC(=O)OCC1c2ccccc2-c2ccccc21)N(C)C.O=[N+]([O-])c1ccccc1S(=O)(O)=S. The van der Waals surface area contributed by atoms with E-state index in [1.165, 1.54) is 18.2 Å². The zero-order valence-corrected chi connectivity index (χ0v) is 22.4. The van der Waals surface area contributed by atoms with Crippen molar-refractivity contribution in [1.82, 2.24) is 4.90 Å². The van der Waals surface area contributed by atoms with Gasteiger partial charge in [0, 0.05) is 23.2 Å². The van der Waals surface area contributed by atoms with E-state index in [-0.39, 0.29) is 17.4 Å². The highest BCUT2D eigenvalue weighted by Crippen LogP contribution is 2.44. The molecule has 200 valence electrons. The van der Waals surface area contributed by atoms with Crippen LogP contribution in [0, 0.1) is 10.1 Å². The second-order valence-corrected chi connectivity index (χ2v) is 11.3. The molecule has 0 aliphatic heterocycles. The quantitative estimate of drug-likeness (QED) is 0.198. The highest BCUT2D eigenvalue weighted by Gasteiger charge is 2.30. The summed E-state index contributed by atoms with van der Waals surface area (Å²) in [6.45, 7) is 1.80. The van der Waals surface area contributed by atoms with E-state index in [0.29, 0.717) is 0 Å². The van der Waals surface area contributed by atoms with Crippen LogP contribution >= 0.6 is 0 Å². The van der Waals surface area contributed by atoms with E-state index >= 15 is 0 Å². The number of hydrogen-bond acceptors (Lipinski definition) is 9. The van der Waals surface area contributed by atoms with Gasteiger partial charge in [-0.1, -0.05) is 60.7 Å². The van der Waals surface area contributed by atoms with Gasteiger partial charge in [0.15, 0.2) is 8.77 Å². The Kier molecular flexibility index (Phi) is 9.28. The topological polar surface area (TPSA) is 136 Å². The fourth-order valence-electron chi connectivity index (χ4n) is 3.82. The van der Waals surface area contributed by atoms with Crippen molar-refractivity contribution in [1.29, 1.82) is 0 Å². The van der Waals surface area contributed by atoms with Crippen molar-refractivity contribution < 1.29 is 32.7 Å². The molecule has 0 radical (unpaired) electrons. The summed E-state index contributed by atoms with van der Waals surface area (Å²) in [5.74, 6) is -0.677. The second kappa shape index (κ2) is 12.2. The summed E-state index contributed by atoms with van der Waals surface area (Å²) < 4.78 is 29.9. The Hall–Kier alpha value is -3.71. The molecule has 0 bridgehead atoms. The van der Waals surface area contributed by atoms with E-state index in [9.17, 15) is 23.9 Å². The number of para-hydroxylation sites is 1. The lowest BCUT2D eigenvalue weighted by Gasteiger charge is -2.18. The van der Waals surface area contributed by atoms with Crippen molar-refractivity contribution in [3.05, 3.63) is 94.0 Å². The van der Waals surface area contributed by atoms with Crippen molar-refractivity contribution in [2.75, 3.05) is 20.7 Å². The minimum atomic E-state index is -3.69. The fourth-order valence-corrected chi connectivity index (χ4v) is 4.90. The van der Waals surface area contributed by atoms with Crippen molar-refractivity contribution >= 4 is 37.8 Å². The van der Waals surface area contributed by atoms with Gasteiger partial charge in [0.05, 0.1) is 4.92 Å². The summed E-state index contributed by atoms with van der Waals surface area (Å²) in [6, 6.07) is 20.8. The van der Waals surface area contributed by atoms with Crippen LogP contribution in [0.2, 0.25) is 0 Å². The number of esters is 1. The number of likely N-dealkylation sites (N-methyl/N-ethyl adjacent to an activating group) is 1. The Morgan fingerprint density at radius 2 is 1.53 bits per heavy atom. The predicted octanol–water partition coefficient (Wildman–Crippen LogP) is 4.60. The maximum atomic E-state index is 11.9. The van der Waals surface area contributed by atoms with Crippen LogP contribution in [0.3, 0.4) is 0 Å². The van der Waals surface area contributed by atoms with E-state index in [1.54, 1.807) is 25.9 Å². The van der Waals surface area contributed by atoms with E-state index in [2.05, 4.69) is 23.3 Å². The Balaban J connectivity index is 0.000000260. The van der Waals surface area contributed by atoms with E-state index < -0.39 is 37.6 Å². The van der Waals surface area contributed by atoms with Crippen molar-refractivity contribution in [2.45, 2.75) is 23.8 Å². The number of hydrogen-bond donors (Lipinski definition) is 1. The van der Waals surface area contributed by atoms with Crippen molar-refractivity contribution in [2.24, 2.45) is 0 Å². The summed E-state index contributed by atoms with van der Waals surface area (Å²) in [5.41, 5.74) is 4.11. The van der Waals surface area contributed by atoms with Crippen molar-refractivity contribution in [3.63, 3.8) is 0 Å². The van der Waals surface area contributed by atoms with Crippen LogP contribution in [0.15, 0.2) is 77.7 Å². The Morgan fingerprint density at radius 1 is 1.03 bits per heavy atom. The highest BCUT2D eigenvalue weighted by molar-refractivity contribution is 8.29. The van der Waals surface area contributed by atoms with Gasteiger partial charge in [0.1, 0.15) is 17.5 Å². The van der Waals surface area contributed by atoms with Gasteiger partial charge in [0.2, 0.25) is 0 Å². The molecule has 3 aromatic rings. The first kappa shape index (κ1) is 28.9. The van der Waals surface area contributed by atoms with Gasteiger partial charge in [0.25, 0.3) is 5.69 Å². The summed E-state index contributed by atoms with van der Waals surface area (Å²) in [4.78, 5) is 34.7. The van der Waals surface area contributed by atoms with Gasteiger partial charge in [-0.2, -0.15) is 0 Å². The molecule has 1 N–H and O–H groups in total. The Labute approximate surface area is 224 Å². The number of fused-ring (bicyclic) bond motifs is 3. The molecule has 0 amide bonds. The number of nitro benzene ring substituents is 1. The smallest absolute Gasteiger partial charge is 0.433 e. The molecule has 1 aliphatic rings. The summed E-state index contributed by atoms with van der Waals surface area (Å²) in [6.07, 6.45) is -0.958. The minimum Gasteiger partial charge on any atom is -0.433 e. The lowest BCUT2D eigenvalue weighted by Crippen LogP contribution is -2.35. The predicted molar refractivity (Wildman–Crippen MR) is 144 cm³/mol. The zero-order valence-electron chi connectivity index (χ0n) is 20.8. The molecular formula is C26H26N2O8S2. The van der Waals surface area contributed by atoms with E-state index in [0.717, 1.165) is 28.3 Å². The molecule has 0 heterocycles. The number of carbonyl (C=O) groups excluding carboxylic acids is 2. The Morgan fingerprint density at radius 3 is 2.00 bits per heavy atom. The third-order valence-corrected chi connectivity index (χ3v) is 7.41. The van der Waals surface area contributed by atoms with Crippen LogP contribution in [0.5, 0.6) is 0 Å². The highest BCUT2D eigenvalue weighted by atomic mass is 32.8. The number of ether oxygens (including phenoxy) is 2. The first-order valence-electron chi connectivity index (χ1n) is 11.4. The summed E-state index contributed by atoms with van der Waals surface area (Å²) >= 11 is 4.24. The molecule has 0 saturated heterocycles. The molecule has 10 nitrogen and oxygen atoms in total. The van der Waals surface area contributed by atoms with Gasteiger partial charge in [-0.05, 0) is 49.3 Å². The number of benzene rings is 3. The van der Waals surface area contributed by atoms with Crippen LogP contribution in [-0.2, 0) is 34.2 Å². The molecular weight excluding hydrogens is 532 g/mol. The number of nitro groups is 1. The lowest BCUT2D eigenvalue weighted by atomic mass is 9.98. The lowest BCUT2D eigenvalue weighted by molar-refractivity contribution is -0.387. The number of carbonyl (C=O) groups is 2. The molecule has 1 unspecified atom stereocenters. The molecule has 4 rings (SSSR count). The van der Waals surface area contributed by atoms with Gasteiger partial charge < -0.3 is 14.0 Å². The van der Waals surface area contributed by atoms with Crippen LogP contribution in [0.1, 0.15) is 24.0 Å². The zero-order chi connectivity index (χ0) is 28.0. The second-order valence-electron chi connectivity index (χ2n) is 8.55. The summed E-state index contributed by atoms with van der Waals surface area (Å²) in [5, 5.41) is 10.4. The number of rotatable bonds is 6. The monoisotopic (exact) mass is 558 g/mol. The fraction of sp³-hybridized carbons (Fsp3) is 0.231.